The fraction of sp³-hybridized carbons (Fsp3) is 0.400. The Morgan fingerprint density at radius 3 is 2.40 bits per heavy atom. The van der Waals surface area contributed by atoms with Crippen molar-refractivity contribution in [1.29, 1.82) is 0 Å². The predicted molar refractivity (Wildman–Crippen MR) is 91.6 cm³/mol. The molecule has 2 aromatic rings. The number of nitrogens with two attached hydrogens (primary N) is 1. The number of anilines is 2. The number of imidazole rings is 1. The van der Waals surface area contributed by atoms with Crippen LogP contribution in [0, 0.1) is 7.40 Å². The third-order valence-electron chi connectivity index (χ3n) is 3.01. The van der Waals surface area contributed by atoms with Gasteiger partial charge in [0.15, 0.2) is 0 Å². The van der Waals surface area contributed by atoms with E-state index in [1.807, 2.05) is 4.57 Å². The van der Waals surface area contributed by atoms with Crippen molar-refractivity contribution in [3.8, 4) is 5.95 Å². The molecule has 2 aromatic heterocycles. The molecule has 0 bridgehead atoms. The molecule has 0 saturated carbocycles. The van der Waals surface area contributed by atoms with Crippen molar-refractivity contribution in [2.24, 2.45) is 5.84 Å². The van der Waals surface area contributed by atoms with E-state index in [1.54, 1.807) is 6.33 Å². The Hall–Kier alpha value is -0.760. The van der Waals surface area contributed by atoms with E-state index in [1.165, 1.54) is 0 Å². The van der Waals surface area contributed by atoms with E-state index in [-0.39, 0.29) is 0 Å². The zero-order valence-electron chi connectivity index (χ0n) is 10.4. The van der Waals surface area contributed by atoms with Gasteiger partial charge in [0.1, 0.15) is 13.7 Å². The summed E-state index contributed by atoms with van der Waals surface area (Å²) in [5, 5.41) is 0. The summed E-state index contributed by atoms with van der Waals surface area (Å²) in [6.45, 7) is 1.93. The third-order valence-corrected chi connectivity index (χ3v) is 5.87. The van der Waals surface area contributed by atoms with Gasteiger partial charge in [0, 0.05) is 13.1 Å². The Labute approximate surface area is 142 Å². The smallest absolute Gasteiger partial charge is 0.243 e. The molecule has 0 amide bonds. The second-order valence-corrected chi connectivity index (χ2v) is 6.34. The molecule has 0 unspecified atom stereocenters. The molecule has 0 spiro atoms. The lowest BCUT2D eigenvalue weighted by molar-refractivity contribution is 0.831. The van der Waals surface area contributed by atoms with E-state index in [9.17, 15) is 0 Å². The monoisotopic (exact) mass is 498 g/mol. The minimum absolute atomic E-state index is 0.358. The summed E-state index contributed by atoms with van der Waals surface area (Å²) < 4.78 is 3.70. The Bertz CT molecular complexity index is 622. The summed E-state index contributed by atoms with van der Waals surface area (Å²) in [6, 6.07) is 0. The van der Waals surface area contributed by atoms with Gasteiger partial charge in [0.05, 0.1) is 0 Å². The number of hydrogen-bond donors (Lipinski definition) is 2. The standard InChI is InChI=1S/C10H12I2N8/c11-6-7(12)20(5-14-6)10-16-8(18-13)15-9(17-10)19-3-1-2-4-19/h5H,1-4,13H2,(H,15,16,17,18). The van der Waals surface area contributed by atoms with Crippen LogP contribution in [0.3, 0.4) is 0 Å². The number of hydrogen-bond acceptors (Lipinski definition) is 7. The van der Waals surface area contributed by atoms with Gasteiger partial charge in [-0.2, -0.15) is 15.0 Å². The number of halogens is 2. The van der Waals surface area contributed by atoms with Crippen molar-refractivity contribution in [2.75, 3.05) is 23.4 Å². The minimum Gasteiger partial charge on any atom is -0.341 e. The maximum absolute atomic E-state index is 5.46. The van der Waals surface area contributed by atoms with E-state index < -0.39 is 0 Å². The first-order chi connectivity index (χ1) is 9.69. The van der Waals surface area contributed by atoms with Crippen LogP contribution in [-0.2, 0) is 0 Å². The Morgan fingerprint density at radius 1 is 1.10 bits per heavy atom. The Morgan fingerprint density at radius 2 is 1.80 bits per heavy atom. The molecule has 0 aromatic carbocycles. The van der Waals surface area contributed by atoms with Crippen LogP contribution in [-0.4, -0.2) is 37.6 Å². The lowest BCUT2D eigenvalue weighted by Gasteiger charge is -2.16. The molecule has 1 aliphatic rings. The van der Waals surface area contributed by atoms with Gasteiger partial charge in [-0.25, -0.2) is 10.8 Å². The van der Waals surface area contributed by atoms with Crippen molar-refractivity contribution in [2.45, 2.75) is 12.8 Å². The third kappa shape index (κ3) is 2.67. The van der Waals surface area contributed by atoms with E-state index >= 15 is 0 Å². The summed E-state index contributed by atoms with van der Waals surface area (Å²) in [6.07, 6.45) is 4.02. The summed E-state index contributed by atoms with van der Waals surface area (Å²) in [7, 11) is 0. The van der Waals surface area contributed by atoms with Gasteiger partial charge >= 0.3 is 0 Å². The molecule has 1 fully saturated rings. The highest BCUT2D eigenvalue weighted by atomic mass is 127. The van der Waals surface area contributed by atoms with E-state index in [4.69, 9.17) is 5.84 Å². The molecule has 20 heavy (non-hydrogen) atoms. The quantitative estimate of drug-likeness (QED) is 0.373. The van der Waals surface area contributed by atoms with Crippen molar-refractivity contribution in [1.82, 2.24) is 24.5 Å². The van der Waals surface area contributed by atoms with E-state index in [0.717, 1.165) is 33.3 Å². The Balaban J connectivity index is 2.06. The number of hydrazine groups is 1. The summed E-state index contributed by atoms with van der Waals surface area (Å²) in [4.78, 5) is 19.5. The minimum atomic E-state index is 0.358. The predicted octanol–water partition coefficient (Wildman–Crippen LogP) is 1.15. The van der Waals surface area contributed by atoms with Gasteiger partial charge in [-0.1, -0.05) is 0 Å². The number of nitrogens with zero attached hydrogens (tertiary/aromatic N) is 6. The van der Waals surface area contributed by atoms with Gasteiger partial charge in [0.2, 0.25) is 17.8 Å². The summed E-state index contributed by atoms with van der Waals surface area (Å²) >= 11 is 4.39. The van der Waals surface area contributed by atoms with Crippen molar-refractivity contribution in [3.63, 3.8) is 0 Å². The van der Waals surface area contributed by atoms with Gasteiger partial charge in [0.25, 0.3) is 0 Å². The molecule has 0 atom stereocenters. The van der Waals surface area contributed by atoms with E-state index in [0.29, 0.717) is 17.8 Å². The first kappa shape index (κ1) is 14.2. The van der Waals surface area contributed by atoms with Gasteiger partial charge in [-0.3, -0.25) is 9.99 Å². The van der Waals surface area contributed by atoms with Crippen molar-refractivity contribution >= 4 is 57.1 Å². The zero-order valence-corrected chi connectivity index (χ0v) is 14.7. The SMILES string of the molecule is NNc1nc(N2CCCC2)nc(-n2cnc(I)c2I)n1. The van der Waals surface area contributed by atoms with Crippen LogP contribution in [0.25, 0.3) is 5.95 Å². The highest BCUT2D eigenvalue weighted by Crippen LogP contribution is 2.20. The second kappa shape index (κ2) is 5.93. The van der Waals surface area contributed by atoms with Gasteiger partial charge in [-0.05, 0) is 58.0 Å². The van der Waals surface area contributed by atoms with E-state index in [2.05, 4.69) is 75.4 Å². The van der Waals surface area contributed by atoms with Crippen LogP contribution >= 0.6 is 45.2 Å². The molecule has 106 valence electrons. The number of rotatable bonds is 3. The maximum atomic E-state index is 5.46. The molecule has 3 rings (SSSR count). The summed E-state index contributed by atoms with van der Waals surface area (Å²) in [5.41, 5.74) is 2.50. The fourth-order valence-electron chi connectivity index (χ4n) is 2.04. The molecular formula is C10H12I2N8. The second-order valence-electron chi connectivity index (χ2n) is 4.29. The Kier molecular flexibility index (Phi) is 4.21. The van der Waals surface area contributed by atoms with Crippen LogP contribution in [0.4, 0.5) is 11.9 Å². The highest BCUT2D eigenvalue weighted by Gasteiger charge is 2.19. The molecule has 0 radical (unpaired) electrons. The maximum Gasteiger partial charge on any atom is 0.243 e. The molecular weight excluding hydrogens is 486 g/mol. The normalized spacial score (nSPS) is 14.8. The molecule has 1 aliphatic heterocycles. The fourth-order valence-corrected chi connectivity index (χ4v) is 2.90. The first-order valence-electron chi connectivity index (χ1n) is 6.05. The number of nitrogen functional groups attached to an aromatic ring is 1. The van der Waals surface area contributed by atoms with Crippen molar-refractivity contribution in [3.05, 3.63) is 13.7 Å². The van der Waals surface area contributed by atoms with Gasteiger partial charge in [-0.15, -0.1) is 0 Å². The average Bonchev–Trinajstić information content (AvgIpc) is 3.10. The first-order valence-corrected chi connectivity index (χ1v) is 8.21. The largest absolute Gasteiger partial charge is 0.341 e. The summed E-state index contributed by atoms with van der Waals surface area (Å²) in [5.74, 6) is 6.99. The van der Waals surface area contributed by atoms with Crippen molar-refractivity contribution < 1.29 is 0 Å². The highest BCUT2D eigenvalue weighted by molar-refractivity contribution is 14.1. The van der Waals surface area contributed by atoms with Crippen LogP contribution in [0.1, 0.15) is 12.8 Å². The average molecular weight is 498 g/mol. The molecule has 8 nitrogen and oxygen atoms in total. The van der Waals surface area contributed by atoms with Gasteiger partial charge < -0.3 is 4.90 Å². The zero-order chi connectivity index (χ0) is 14.1. The topological polar surface area (TPSA) is 97.8 Å². The molecule has 0 aliphatic carbocycles. The lowest BCUT2D eigenvalue weighted by Crippen LogP contribution is -2.23. The van der Waals surface area contributed by atoms with Crippen LogP contribution in [0.15, 0.2) is 6.33 Å². The molecule has 3 N–H and O–H groups in total. The van der Waals surface area contributed by atoms with Crippen LogP contribution in [0.5, 0.6) is 0 Å². The molecule has 10 heteroatoms. The van der Waals surface area contributed by atoms with Crippen LogP contribution < -0.4 is 16.2 Å². The molecule has 3 heterocycles. The molecule has 1 saturated heterocycles. The lowest BCUT2D eigenvalue weighted by atomic mass is 10.4. The number of aromatic nitrogens is 5. The number of nitrogens with one attached hydrogen (secondary N) is 1. The van der Waals surface area contributed by atoms with Crippen LogP contribution in [0.2, 0.25) is 0 Å².